The third-order valence-electron chi connectivity index (χ3n) is 9.86. The number of nitrogens with one attached hydrogen (secondary N) is 1. The second-order valence-electron chi connectivity index (χ2n) is 13.3. The maximum absolute atomic E-state index is 11.2. The highest BCUT2D eigenvalue weighted by molar-refractivity contribution is 5.87. The average molecular weight is 677 g/mol. The number of methoxy groups -OCH3 is 2. The van der Waals surface area contributed by atoms with Gasteiger partial charge in [0.2, 0.25) is 0 Å². The summed E-state index contributed by atoms with van der Waals surface area (Å²) in [6.45, 7) is 4.26. The average Bonchev–Trinajstić information content (AvgIpc) is 3.17. The van der Waals surface area contributed by atoms with Crippen molar-refractivity contribution in [1.29, 1.82) is 0 Å². The number of benzene rings is 6. The molecule has 6 aromatic carbocycles. The monoisotopic (exact) mass is 676 g/mol. The number of hydrogen-bond donors (Lipinski definition) is 2. The summed E-state index contributed by atoms with van der Waals surface area (Å²) in [6.07, 6.45) is 6.37. The first kappa shape index (κ1) is 35.4. The number of rotatable bonds is 6. The summed E-state index contributed by atoms with van der Waals surface area (Å²) in [4.78, 5) is 11.2. The molecule has 0 fully saturated rings. The van der Waals surface area contributed by atoms with Gasteiger partial charge in [-0.25, -0.2) is 0 Å². The van der Waals surface area contributed by atoms with Crippen LogP contribution in [0.15, 0.2) is 127 Å². The number of carbonyl (C=O) groups excluding carboxylic acids is 1. The lowest BCUT2D eigenvalue weighted by atomic mass is 9.90. The molecule has 2 atom stereocenters. The largest absolute Gasteiger partial charge is 0.496 e. The first-order valence-electron chi connectivity index (χ1n) is 17.9. The van der Waals surface area contributed by atoms with Crippen LogP contribution in [0.4, 0.5) is 0 Å². The van der Waals surface area contributed by atoms with Gasteiger partial charge in [0, 0.05) is 36.2 Å². The van der Waals surface area contributed by atoms with Gasteiger partial charge < -0.3 is 20.5 Å². The van der Waals surface area contributed by atoms with Crippen molar-refractivity contribution in [3.63, 3.8) is 0 Å². The lowest BCUT2D eigenvalue weighted by Gasteiger charge is -2.24. The van der Waals surface area contributed by atoms with Crippen LogP contribution in [0.3, 0.4) is 0 Å². The van der Waals surface area contributed by atoms with Crippen molar-refractivity contribution < 1.29 is 14.3 Å². The van der Waals surface area contributed by atoms with E-state index in [0.717, 1.165) is 36.3 Å². The molecule has 3 N–H and O–H groups in total. The van der Waals surface area contributed by atoms with Crippen LogP contribution < -0.4 is 20.5 Å². The minimum Gasteiger partial charge on any atom is -0.496 e. The van der Waals surface area contributed by atoms with E-state index in [9.17, 15) is 4.79 Å². The molecule has 0 amide bonds. The molecule has 5 nitrogen and oxygen atoms in total. The number of Topliss-reactive ketones (excluding diaryl/α,β-unsaturated/α-hetero) is 1. The van der Waals surface area contributed by atoms with Crippen LogP contribution >= 0.6 is 0 Å². The van der Waals surface area contributed by atoms with Crippen LogP contribution in [0.5, 0.6) is 11.5 Å². The molecule has 2 aliphatic rings. The van der Waals surface area contributed by atoms with Gasteiger partial charge in [-0.1, -0.05) is 109 Å². The molecule has 0 unspecified atom stereocenters. The standard InChI is InChI=1S/C23H23NO.C12H13N.C11H12O2/c1-16(20-11-5-8-17-7-3-4-10-21(17)20)24-19-13-14-22-18(15-19)9-6-12-23(22)25-2;1-9(13)11-8-4-6-10-5-2-3-7-12(10)11;1-13-11-4-2-3-8-7-9(12)5-6-10(8)11/h3-12,15-16,24H,13-14H2,1-2H3;2-9H,13H2,1H3;2-4H,5-7H2,1H3/t16-;9-;/m11./s1. The summed E-state index contributed by atoms with van der Waals surface area (Å²) in [5, 5.41) is 8.87. The summed E-state index contributed by atoms with van der Waals surface area (Å²) >= 11 is 0. The molecule has 260 valence electrons. The summed E-state index contributed by atoms with van der Waals surface area (Å²) in [7, 11) is 3.42. The van der Waals surface area contributed by atoms with Crippen LogP contribution in [-0.2, 0) is 24.1 Å². The van der Waals surface area contributed by atoms with Gasteiger partial charge in [0.05, 0.1) is 14.2 Å². The molecule has 0 saturated heterocycles. The predicted octanol–water partition coefficient (Wildman–Crippen LogP) is 10.1. The molecule has 0 aromatic heterocycles. The fraction of sp³-hybridized carbons (Fsp3) is 0.239. The molecule has 51 heavy (non-hydrogen) atoms. The highest BCUT2D eigenvalue weighted by Crippen LogP contribution is 2.32. The van der Waals surface area contributed by atoms with Crippen LogP contribution in [-0.4, -0.2) is 20.0 Å². The van der Waals surface area contributed by atoms with E-state index in [-0.39, 0.29) is 12.1 Å². The third kappa shape index (κ3) is 8.33. The van der Waals surface area contributed by atoms with Crippen molar-refractivity contribution >= 4 is 33.4 Å². The molecule has 2 aliphatic carbocycles. The van der Waals surface area contributed by atoms with Crippen molar-refractivity contribution in [3.05, 3.63) is 160 Å². The molecule has 5 heteroatoms. The molecular formula is C46H48N2O3. The summed E-state index contributed by atoms with van der Waals surface area (Å²) < 4.78 is 10.7. The van der Waals surface area contributed by atoms with Crippen molar-refractivity contribution in [2.45, 2.75) is 58.0 Å². The van der Waals surface area contributed by atoms with Crippen LogP contribution in [0.25, 0.3) is 27.6 Å². The molecule has 8 rings (SSSR count). The number of carbonyl (C=O) groups is 1. The van der Waals surface area contributed by atoms with Crippen molar-refractivity contribution in [2.75, 3.05) is 14.2 Å². The van der Waals surface area contributed by atoms with E-state index in [4.69, 9.17) is 15.2 Å². The topological polar surface area (TPSA) is 73.6 Å². The highest BCUT2D eigenvalue weighted by atomic mass is 16.5. The number of hydrogen-bond acceptors (Lipinski definition) is 5. The van der Waals surface area contributed by atoms with E-state index in [2.05, 4.69) is 103 Å². The van der Waals surface area contributed by atoms with Gasteiger partial charge in [-0.15, -0.1) is 0 Å². The molecular weight excluding hydrogens is 629 g/mol. The number of allylic oxidation sites excluding steroid dienone is 1. The maximum atomic E-state index is 11.2. The Morgan fingerprint density at radius 1 is 0.608 bits per heavy atom. The third-order valence-corrected chi connectivity index (χ3v) is 9.86. The summed E-state index contributed by atoms with van der Waals surface area (Å²) in [5.74, 6) is 2.25. The van der Waals surface area contributed by atoms with Crippen molar-refractivity contribution in [2.24, 2.45) is 5.73 Å². The van der Waals surface area contributed by atoms with E-state index >= 15 is 0 Å². The second-order valence-corrected chi connectivity index (χ2v) is 13.3. The van der Waals surface area contributed by atoms with Crippen LogP contribution in [0, 0.1) is 0 Å². The van der Waals surface area contributed by atoms with E-state index < -0.39 is 0 Å². The van der Waals surface area contributed by atoms with Gasteiger partial charge in [-0.2, -0.15) is 0 Å². The SMILES string of the molecule is COc1cccc2c1CCC(=O)C2.COc1cccc2c1CCC(N[C@H](C)c1cccc3ccccc13)=C2.C[C@@H](N)c1cccc2ccccc12. The van der Waals surface area contributed by atoms with Gasteiger partial charge >= 0.3 is 0 Å². The van der Waals surface area contributed by atoms with E-state index in [0.29, 0.717) is 18.6 Å². The Bertz CT molecular complexity index is 2160. The van der Waals surface area contributed by atoms with E-state index in [1.54, 1.807) is 14.2 Å². The van der Waals surface area contributed by atoms with E-state index in [1.165, 1.54) is 55.1 Å². The molecule has 0 radical (unpaired) electrons. The Labute approximate surface area is 302 Å². The summed E-state index contributed by atoms with van der Waals surface area (Å²) in [6, 6.07) is 42.3. The zero-order chi connectivity index (χ0) is 35.7. The Hall–Kier alpha value is -5.39. The lowest BCUT2D eigenvalue weighted by molar-refractivity contribution is -0.118. The first-order valence-corrected chi connectivity index (χ1v) is 17.9. The zero-order valence-corrected chi connectivity index (χ0v) is 30.1. The number of nitrogens with two attached hydrogens (primary N) is 1. The van der Waals surface area contributed by atoms with Gasteiger partial charge in [-0.3, -0.25) is 4.79 Å². The smallest absolute Gasteiger partial charge is 0.137 e. The molecule has 0 bridgehead atoms. The van der Waals surface area contributed by atoms with Crippen LogP contribution in [0.1, 0.15) is 72.2 Å². The van der Waals surface area contributed by atoms with Gasteiger partial charge in [0.25, 0.3) is 0 Å². The predicted molar refractivity (Wildman–Crippen MR) is 211 cm³/mol. The fourth-order valence-electron chi connectivity index (χ4n) is 7.26. The number of ether oxygens (including phenoxy) is 2. The van der Waals surface area contributed by atoms with Gasteiger partial charge in [0.1, 0.15) is 17.3 Å². The fourth-order valence-corrected chi connectivity index (χ4v) is 7.26. The molecule has 6 aromatic rings. The minimum absolute atomic E-state index is 0.103. The molecule has 0 spiro atoms. The Morgan fingerprint density at radius 2 is 1.16 bits per heavy atom. The second kappa shape index (κ2) is 16.5. The highest BCUT2D eigenvalue weighted by Gasteiger charge is 2.19. The normalized spacial score (nSPS) is 14.4. The van der Waals surface area contributed by atoms with Crippen LogP contribution in [0.2, 0.25) is 0 Å². The van der Waals surface area contributed by atoms with E-state index in [1.807, 2.05) is 43.3 Å². The number of fused-ring (bicyclic) bond motifs is 4. The van der Waals surface area contributed by atoms with Gasteiger partial charge in [0.15, 0.2) is 0 Å². The Morgan fingerprint density at radius 3 is 1.82 bits per heavy atom. The van der Waals surface area contributed by atoms with Crippen molar-refractivity contribution in [1.82, 2.24) is 5.32 Å². The Kier molecular flexibility index (Phi) is 11.5. The zero-order valence-electron chi connectivity index (χ0n) is 30.1. The quantitative estimate of drug-likeness (QED) is 0.184. The lowest BCUT2D eigenvalue weighted by Crippen LogP contribution is -2.20. The molecule has 0 heterocycles. The van der Waals surface area contributed by atoms with Gasteiger partial charge in [-0.05, 0) is 101 Å². The maximum Gasteiger partial charge on any atom is 0.137 e. The molecule has 0 saturated carbocycles. The molecule has 0 aliphatic heterocycles. The Balaban J connectivity index is 0.000000145. The summed E-state index contributed by atoms with van der Waals surface area (Å²) in [5.41, 5.74) is 14.7. The first-order chi connectivity index (χ1) is 24.9. The minimum atomic E-state index is 0.103. The number of ketones is 1. The van der Waals surface area contributed by atoms with Crippen molar-refractivity contribution in [3.8, 4) is 11.5 Å².